The fraction of sp³-hybridized carbons (Fsp3) is 0.0526. The smallest absolute Gasteiger partial charge is 0.142 e. The number of fused-ring (bicyclic) bond motifs is 1. The van der Waals surface area contributed by atoms with Crippen molar-refractivity contribution in [3.8, 4) is 17.0 Å². The molecule has 0 aliphatic carbocycles. The fourth-order valence-corrected chi connectivity index (χ4v) is 3.53. The second-order valence-electron chi connectivity index (χ2n) is 5.41. The number of hydrogen-bond donors (Lipinski definition) is 1. The molecular weight excluding hydrogens is 354 g/mol. The average molecular weight is 368 g/mol. The largest absolute Gasteiger partial charge is 0.497 e. The van der Waals surface area contributed by atoms with Crippen molar-refractivity contribution in [2.75, 3.05) is 7.11 Å². The van der Waals surface area contributed by atoms with Crippen molar-refractivity contribution in [3.05, 3.63) is 65.9 Å². The highest BCUT2D eigenvalue weighted by Gasteiger charge is 2.11. The highest BCUT2D eigenvalue weighted by molar-refractivity contribution is 7.99. The zero-order chi connectivity index (χ0) is 17.2. The molecule has 0 aliphatic rings. The maximum atomic E-state index is 5.95. The summed E-state index contributed by atoms with van der Waals surface area (Å²) in [6, 6.07) is 17.7. The van der Waals surface area contributed by atoms with Gasteiger partial charge >= 0.3 is 0 Å². The molecule has 0 aliphatic heterocycles. The van der Waals surface area contributed by atoms with Crippen molar-refractivity contribution in [2.45, 2.75) is 9.92 Å². The lowest BCUT2D eigenvalue weighted by Crippen LogP contribution is -1.84. The number of nitrogens with one attached hydrogen (secondary N) is 1. The standard InChI is InChI=1S/C19H14ClN3OS/c1-24-14-6-2-12(3-7-14)17-10-16-18(23-17)21-11-22-19(16)25-15-8-4-13(20)5-9-15/h2-11H,1H3,(H,21,22,23). The summed E-state index contributed by atoms with van der Waals surface area (Å²) < 4.78 is 5.21. The zero-order valence-corrected chi connectivity index (χ0v) is 14.9. The maximum Gasteiger partial charge on any atom is 0.142 e. The first-order valence-corrected chi connectivity index (χ1v) is 8.84. The molecule has 0 spiro atoms. The summed E-state index contributed by atoms with van der Waals surface area (Å²) in [5.74, 6) is 0.832. The first-order valence-electron chi connectivity index (χ1n) is 7.64. The van der Waals surface area contributed by atoms with Crippen LogP contribution in [0, 0.1) is 0 Å². The number of aromatic nitrogens is 3. The monoisotopic (exact) mass is 367 g/mol. The van der Waals surface area contributed by atoms with Gasteiger partial charge in [-0.05, 0) is 60.2 Å². The van der Waals surface area contributed by atoms with E-state index in [1.165, 1.54) is 0 Å². The van der Waals surface area contributed by atoms with Crippen molar-refractivity contribution in [3.63, 3.8) is 0 Å². The molecular formula is C19H14ClN3OS. The second-order valence-corrected chi connectivity index (χ2v) is 6.91. The van der Waals surface area contributed by atoms with Gasteiger partial charge in [-0.1, -0.05) is 23.4 Å². The number of ether oxygens (including phenoxy) is 1. The molecule has 4 nitrogen and oxygen atoms in total. The summed E-state index contributed by atoms with van der Waals surface area (Å²) in [5, 5.41) is 2.62. The molecule has 6 heteroatoms. The van der Waals surface area contributed by atoms with E-state index in [1.807, 2.05) is 48.5 Å². The molecule has 0 radical (unpaired) electrons. The van der Waals surface area contributed by atoms with Crippen LogP contribution in [-0.2, 0) is 0 Å². The van der Waals surface area contributed by atoms with Crippen LogP contribution in [0.25, 0.3) is 22.3 Å². The van der Waals surface area contributed by atoms with Gasteiger partial charge in [0, 0.05) is 15.6 Å². The van der Waals surface area contributed by atoms with E-state index in [2.05, 4.69) is 21.0 Å². The number of aromatic amines is 1. The molecule has 25 heavy (non-hydrogen) atoms. The van der Waals surface area contributed by atoms with Gasteiger partial charge in [0.1, 0.15) is 22.7 Å². The molecule has 0 fully saturated rings. The van der Waals surface area contributed by atoms with Crippen LogP contribution in [0.3, 0.4) is 0 Å². The second kappa shape index (κ2) is 6.78. The summed E-state index contributed by atoms with van der Waals surface area (Å²) in [6.07, 6.45) is 1.58. The molecule has 124 valence electrons. The van der Waals surface area contributed by atoms with E-state index in [0.29, 0.717) is 0 Å². The Kier molecular flexibility index (Phi) is 4.34. The van der Waals surface area contributed by atoms with Gasteiger partial charge in [0.25, 0.3) is 0 Å². The van der Waals surface area contributed by atoms with E-state index < -0.39 is 0 Å². The van der Waals surface area contributed by atoms with Gasteiger partial charge in [-0.15, -0.1) is 0 Å². The predicted molar refractivity (Wildman–Crippen MR) is 101 cm³/mol. The molecule has 4 aromatic rings. The van der Waals surface area contributed by atoms with Crippen LogP contribution in [0.4, 0.5) is 0 Å². The molecule has 0 saturated heterocycles. The average Bonchev–Trinajstić information content (AvgIpc) is 3.09. The van der Waals surface area contributed by atoms with Gasteiger partial charge in [-0.25, -0.2) is 9.97 Å². The Balaban J connectivity index is 1.71. The third kappa shape index (κ3) is 3.34. The van der Waals surface area contributed by atoms with Crippen molar-refractivity contribution in [2.24, 2.45) is 0 Å². The number of H-pyrrole nitrogens is 1. The Labute approximate surface area is 154 Å². The minimum absolute atomic E-state index is 0.723. The minimum Gasteiger partial charge on any atom is -0.497 e. The Morgan fingerprint density at radius 3 is 2.48 bits per heavy atom. The number of nitrogens with zero attached hydrogens (tertiary/aromatic N) is 2. The molecule has 0 unspecified atom stereocenters. The van der Waals surface area contributed by atoms with Crippen molar-refractivity contribution in [1.29, 1.82) is 0 Å². The topological polar surface area (TPSA) is 50.8 Å². The summed E-state index contributed by atoms with van der Waals surface area (Å²) in [7, 11) is 1.66. The molecule has 1 N–H and O–H groups in total. The third-order valence-electron chi connectivity index (χ3n) is 3.82. The normalized spacial score (nSPS) is 11.0. The van der Waals surface area contributed by atoms with E-state index in [9.17, 15) is 0 Å². The van der Waals surface area contributed by atoms with E-state index >= 15 is 0 Å². The third-order valence-corrected chi connectivity index (χ3v) is 5.10. The van der Waals surface area contributed by atoms with Gasteiger partial charge in [0.2, 0.25) is 0 Å². The Hall–Kier alpha value is -2.50. The number of methoxy groups -OCH3 is 1. The first kappa shape index (κ1) is 16.0. The highest BCUT2D eigenvalue weighted by atomic mass is 35.5. The van der Waals surface area contributed by atoms with Gasteiger partial charge < -0.3 is 9.72 Å². The molecule has 0 amide bonds. The fourth-order valence-electron chi connectivity index (χ4n) is 2.54. The Morgan fingerprint density at radius 1 is 1.00 bits per heavy atom. The van der Waals surface area contributed by atoms with E-state index in [-0.39, 0.29) is 0 Å². The van der Waals surface area contributed by atoms with Crippen molar-refractivity contribution in [1.82, 2.24) is 15.0 Å². The maximum absolute atomic E-state index is 5.95. The number of benzene rings is 2. The lowest BCUT2D eigenvalue weighted by molar-refractivity contribution is 0.415. The number of hydrogen-bond acceptors (Lipinski definition) is 4. The zero-order valence-electron chi connectivity index (χ0n) is 13.4. The Morgan fingerprint density at radius 2 is 1.76 bits per heavy atom. The summed E-state index contributed by atoms with van der Waals surface area (Å²) in [6.45, 7) is 0. The lowest BCUT2D eigenvalue weighted by atomic mass is 10.1. The van der Waals surface area contributed by atoms with Gasteiger partial charge in [0.05, 0.1) is 12.5 Å². The number of halogens is 1. The van der Waals surface area contributed by atoms with Gasteiger partial charge in [0.15, 0.2) is 0 Å². The van der Waals surface area contributed by atoms with Crippen LogP contribution in [-0.4, -0.2) is 22.1 Å². The van der Waals surface area contributed by atoms with Gasteiger partial charge in [-0.2, -0.15) is 0 Å². The first-order chi connectivity index (χ1) is 12.2. The summed E-state index contributed by atoms with van der Waals surface area (Å²) in [4.78, 5) is 13.2. The lowest BCUT2D eigenvalue weighted by Gasteiger charge is -2.01. The molecule has 2 heterocycles. The molecule has 2 aromatic heterocycles. The van der Waals surface area contributed by atoms with Crippen LogP contribution in [0.2, 0.25) is 5.02 Å². The van der Waals surface area contributed by atoms with Crippen LogP contribution in [0.5, 0.6) is 5.75 Å². The molecule has 4 rings (SSSR count). The SMILES string of the molecule is COc1ccc(-c2cc3c(Sc4ccc(Cl)cc4)ncnc3[nH]2)cc1. The minimum atomic E-state index is 0.723. The Bertz CT molecular complexity index is 1010. The summed E-state index contributed by atoms with van der Waals surface area (Å²) in [5.41, 5.74) is 2.88. The van der Waals surface area contributed by atoms with Gasteiger partial charge in [-0.3, -0.25) is 0 Å². The molecule has 0 atom stereocenters. The molecule has 0 bridgehead atoms. The number of rotatable bonds is 4. The predicted octanol–water partition coefficient (Wildman–Crippen LogP) is 5.44. The van der Waals surface area contributed by atoms with E-state index in [0.717, 1.165) is 43.0 Å². The van der Waals surface area contributed by atoms with Crippen LogP contribution in [0.15, 0.2) is 70.8 Å². The van der Waals surface area contributed by atoms with Crippen LogP contribution >= 0.6 is 23.4 Å². The quantitative estimate of drug-likeness (QED) is 0.488. The van der Waals surface area contributed by atoms with E-state index in [4.69, 9.17) is 16.3 Å². The van der Waals surface area contributed by atoms with Crippen molar-refractivity contribution >= 4 is 34.4 Å². The van der Waals surface area contributed by atoms with E-state index in [1.54, 1.807) is 25.2 Å². The molecule has 0 saturated carbocycles. The van der Waals surface area contributed by atoms with Crippen molar-refractivity contribution < 1.29 is 4.74 Å². The summed E-state index contributed by atoms with van der Waals surface area (Å²) >= 11 is 7.54. The molecule has 2 aromatic carbocycles. The highest BCUT2D eigenvalue weighted by Crippen LogP contribution is 2.34. The van der Waals surface area contributed by atoms with Crippen LogP contribution < -0.4 is 4.74 Å². The van der Waals surface area contributed by atoms with Crippen LogP contribution in [0.1, 0.15) is 0 Å².